The maximum absolute atomic E-state index is 11.9. The minimum absolute atomic E-state index is 0.0349. The molecule has 7 heteroatoms. The molecule has 6 nitrogen and oxygen atoms in total. The van der Waals surface area contributed by atoms with Gasteiger partial charge in [-0.3, -0.25) is 0 Å². The maximum Gasteiger partial charge on any atom is 0.169 e. The maximum atomic E-state index is 11.9. The van der Waals surface area contributed by atoms with E-state index >= 15 is 0 Å². The first-order chi connectivity index (χ1) is 8.62. The summed E-state index contributed by atoms with van der Waals surface area (Å²) in [6, 6.07) is -0.0425. The van der Waals surface area contributed by atoms with Crippen molar-refractivity contribution in [3.63, 3.8) is 0 Å². The Balaban J connectivity index is 1.98. The molecule has 2 aliphatic rings. The second-order valence-corrected chi connectivity index (χ2v) is 7.36. The molecule has 18 heavy (non-hydrogen) atoms. The fourth-order valence-corrected chi connectivity index (χ4v) is 4.64. The van der Waals surface area contributed by atoms with Gasteiger partial charge in [-0.15, -0.1) is 0 Å². The number of hydrogen-bond donors (Lipinski definition) is 1. The third-order valence-corrected chi connectivity index (χ3v) is 6.00. The molecule has 2 unspecified atom stereocenters. The Hall–Kier alpha value is -0.950. The molecule has 0 bridgehead atoms. The highest BCUT2D eigenvalue weighted by molar-refractivity contribution is 7.91. The summed E-state index contributed by atoms with van der Waals surface area (Å²) in [7, 11) is -3.06. The third-order valence-electron chi connectivity index (χ3n) is 3.83. The lowest BCUT2D eigenvalue weighted by molar-refractivity contribution is 0.194. The number of hydrogen-bond acceptors (Lipinski definition) is 5. The van der Waals surface area contributed by atoms with E-state index < -0.39 is 15.1 Å². The molecule has 2 atom stereocenters. The van der Waals surface area contributed by atoms with Crippen LogP contribution in [0, 0.1) is 0 Å². The molecule has 1 fully saturated rings. The second kappa shape index (κ2) is 4.31. The lowest BCUT2D eigenvalue weighted by atomic mass is 10.1. The van der Waals surface area contributed by atoms with E-state index in [0.29, 0.717) is 18.7 Å². The van der Waals surface area contributed by atoms with Gasteiger partial charge in [0.05, 0.1) is 18.4 Å². The molecule has 0 aliphatic carbocycles. The van der Waals surface area contributed by atoms with Gasteiger partial charge < -0.3 is 5.11 Å². The fourth-order valence-electron chi connectivity index (χ4n) is 2.84. The zero-order valence-corrected chi connectivity index (χ0v) is 10.9. The van der Waals surface area contributed by atoms with Crippen LogP contribution >= 0.6 is 0 Å². The van der Waals surface area contributed by atoms with E-state index in [-0.39, 0.29) is 18.4 Å². The highest BCUT2D eigenvalue weighted by atomic mass is 32.2. The summed E-state index contributed by atoms with van der Waals surface area (Å²) >= 11 is 0. The van der Waals surface area contributed by atoms with Crippen LogP contribution in [-0.2, 0) is 16.3 Å². The molecule has 0 saturated carbocycles. The van der Waals surface area contributed by atoms with Gasteiger partial charge in [0.2, 0.25) is 0 Å². The van der Waals surface area contributed by atoms with Crippen LogP contribution < -0.4 is 0 Å². The monoisotopic (exact) mass is 271 g/mol. The summed E-state index contributed by atoms with van der Waals surface area (Å²) < 4.78 is 25.5. The summed E-state index contributed by atoms with van der Waals surface area (Å²) in [5, 5.41) is 13.1. The average molecular weight is 271 g/mol. The Kier molecular flexibility index (Phi) is 2.90. The van der Waals surface area contributed by atoms with Crippen molar-refractivity contribution >= 4 is 9.84 Å². The van der Waals surface area contributed by atoms with E-state index in [0.717, 1.165) is 25.1 Å². The van der Waals surface area contributed by atoms with Crippen LogP contribution in [0.1, 0.15) is 48.6 Å². The van der Waals surface area contributed by atoms with Gasteiger partial charge in [-0.25, -0.2) is 18.1 Å². The van der Waals surface area contributed by atoms with E-state index in [4.69, 9.17) is 0 Å². The van der Waals surface area contributed by atoms with Gasteiger partial charge >= 0.3 is 0 Å². The Morgan fingerprint density at radius 2 is 2.17 bits per heavy atom. The molecule has 2 aliphatic heterocycles. The lowest BCUT2D eigenvalue weighted by Crippen LogP contribution is -2.22. The molecule has 0 amide bonds. The lowest BCUT2D eigenvalue weighted by Gasteiger charge is -2.20. The number of rotatable bonds is 2. The molecule has 100 valence electrons. The minimum atomic E-state index is -3.06. The van der Waals surface area contributed by atoms with Crippen LogP contribution in [0.2, 0.25) is 0 Å². The van der Waals surface area contributed by atoms with Gasteiger partial charge in [0, 0.05) is 6.42 Å². The summed E-state index contributed by atoms with van der Waals surface area (Å²) in [5.74, 6) is 1.49. The molecule has 0 radical (unpaired) electrons. The number of fused-ring (bicyclic) bond motifs is 1. The van der Waals surface area contributed by atoms with E-state index in [9.17, 15) is 13.5 Å². The predicted octanol–water partition coefficient (Wildman–Crippen LogP) is 0.397. The minimum Gasteiger partial charge on any atom is -0.394 e. The first-order valence-corrected chi connectivity index (χ1v) is 8.11. The van der Waals surface area contributed by atoms with Crippen LogP contribution in [0.25, 0.3) is 0 Å². The van der Waals surface area contributed by atoms with Crippen LogP contribution in [-0.4, -0.2) is 40.6 Å². The zero-order valence-electron chi connectivity index (χ0n) is 10.1. The van der Waals surface area contributed by atoms with Crippen LogP contribution in [0.4, 0.5) is 0 Å². The van der Waals surface area contributed by atoms with Crippen LogP contribution in [0.3, 0.4) is 0 Å². The molecule has 1 N–H and O–H groups in total. The Morgan fingerprint density at radius 1 is 1.33 bits per heavy atom. The molecule has 0 aromatic carbocycles. The zero-order chi connectivity index (χ0) is 12.8. The summed E-state index contributed by atoms with van der Waals surface area (Å²) in [5.41, 5.74) is 0. The number of aliphatic hydroxyl groups is 1. The molecule has 1 saturated heterocycles. The summed E-state index contributed by atoms with van der Waals surface area (Å²) in [6.07, 6.45) is 3.98. The molecular formula is C11H17N3O3S. The number of nitrogens with zero attached hydrogens (tertiary/aromatic N) is 3. The SMILES string of the molecule is O=S1(=O)CCCC1c1nc2n(n1)C(CO)CCC2. The second-order valence-electron chi connectivity index (χ2n) is 5.06. The smallest absolute Gasteiger partial charge is 0.169 e. The van der Waals surface area contributed by atoms with Crippen molar-refractivity contribution in [2.45, 2.75) is 43.4 Å². The highest BCUT2D eigenvalue weighted by Gasteiger charge is 2.37. The summed E-state index contributed by atoms with van der Waals surface area (Å²) in [4.78, 5) is 4.39. The number of aliphatic hydroxyl groups excluding tert-OH is 1. The highest BCUT2D eigenvalue weighted by Crippen LogP contribution is 2.34. The quantitative estimate of drug-likeness (QED) is 0.841. The molecule has 0 spiro atoms. The first kappa shape index (κ1) is 12.1. The van der Waals surface area contributed by atoms with Crippen molar-refractivity contribution in [3.05, 3.63) is 11.6 Å². The predicted molar refractivity (Wildman–Crippen MR) is 64.8 cm³/mol. The third kappa shape index (κ3) is 1.85. The van der Waals surface area contributed by atoms with Crippen molar-refractivity contribution < 1.29 is 13.5 Å². The van der Waals surface area contributed by atoms with E-state index in [1.165, 1.54) is 0 Å². The Morgan fingerprint density at radius 3 is 2.83 bits per heavy atom. The Bertz CT molecular complexity index is 552. The number of aromatic nitrogens is 3. The van der Waals surface area contributed by atoms with Crippen LogP contribution in [0.15, 0.2) is 0 Å². The van der Waals surface area contributed by atoms with Crippen molar-refractivity contribution in [2.75, 3.05) is 12.4 Å². The standard InChI is InChI=1S/C11H17N3O3S/c15-7-8-3-1-5-10-12-11(13-14(8)10)9-4-2-6-18(9,16)17/h8-9,15H,1-7H2. The molecule has 3 rings (SSSR count). The fraction of sp³-hybridized carbons (Fsp3) is 0.818. The van der Waals surface area contributed by atoms with Gasteiger partial charge in [0.25, 0.3) is 0 Å². The normalized spacial score (nSPS) is 30.3. The van der Waals surface area contributed by atoms with Gasteiger partial charge in [0.15, 0.2) is 15.7 Å². The van der Waals surface area contributed by atoms with Crippen LogP contribution in [0.5, 0.6) is 0 Å². The molecule has 1 aromatic rings. The molecule has 1 aromatic heterocycles. The van der Waals surface area contributed by atoms with E-state index in [1.54, 1.807) is 4.68 Å². The van der Waals surface area contributed by atoms with Crippen molar-refractivity contribution in [2.24, 2.45) is 0 Å². The van der Waals surface area contributed by atoms with Crippen molar-refractivity contribution in [1.82, 2.24) is 14.8 Å². The largest absolute Gasteiger partial charge is 0.394 e. The van der Waals surface area contributed by atoms with E-state index in [1.807, 2.05) is 0 Å². The Labute approximate surface area is 106 Å². The first-order valence-electron chi connectivity index (χ1n) is 6.39. The average Bonchev–Trinajstić information content (AvgIpc) is 2.90. The van der Waals surface area contributed by atoms with Gasteiger partial charge in [-0.1, -0.05) is 0 Å². The van der Waals surface area contributed by atoms with E-state index in [2.05, 4.69) is 10.1 Å². The number of aryl methyl sites for hydroxylation is 1. The van der Waals surface area contributed by atoms with Crippen molar-refractivity contribution in [3.8, 4) is 0 Å². The van der Waals surface area contributed by atoms with Gasteiger partial charge in [-0.2, -0.15) is 5.10 Å². The summed E-state index contributed by atoms with van der Waals surface area (Å²) in [6.45, 7) is 0.0349. The number of sulfone groups is 1. The van der Waals surface area contributed by atoms with Gasteiger partial charge in [0.1, 0.15) is 11.1 Å². The van der Waals surface area contributed by atoms with Gasteiger partial charge in [-0.05, 0) is 25.7 Å². The molecular weight excluding hydrogens is 254 g/mol. The molecule has 3 heterocycles. The van der Waals surface area contributed by atoms with Crippen molar-refractivity contribution in [1.29, 1.82) is 0 Å². The topological polar surface area (TPSA) is 85.1 Å².